The molecule has 6 rings (SSSR count). The molecular formula is C28H29N3O3. The number of phenols is 1. The van der Waals surface area contributed by atoms with Crippen LogP contribution in [0.3, 0.4) is 0 Å². The van der Waals surface area contributed by atoms with Crippen LogP contribution in [0, 0.1) is 0 Å². The van der Waals surface area contributed by atoms with Gasteiger partial charge in [0, 0.05) is 6.54 Å². The van der Waals surface area contributed by atoms with Crippen LogP contribution in [-0.2, 0) is 32.2 Å². The Morgan fingerprint density at radius 1 is 0.853 bits per heavy atom. The molecule has 4 aromatic rings. The summed E-state index contributed by atoms with van der Waals surface area (Å²) in [4.78, 5) is 10.8. The van der Waals surface area contributed by atoms with Crippen molar-refractivity contribution in [2.45, 2.75) is 38.6 Å². The fourth-order valence-electron chi connectivity index (χ4n) is 5.10. The number of phenolic OH excluding ortho intramolecular Hbond substituents is 1. The maximum Gasteiger partial charge on any atom is 0.231 e. The first-order valence-corrected chi connectivity index (χ1v) is 12.1. The van der Waals surface area contributed by atoms with E-state index in [-0.39, 0.29) is 6.79 Å². The quantitative estimate of drug-likeness (QED) is 0.456. The van der Waals surface area contributed by atoms with E-state index in [4.69, 9.17) is 14.5 Å². The van der Waals surface area contributed by atoms with Gasteiger partial charge < -0.3 is 19.6 Å². The van der Waals surface area contributed by atoms with E-state index in [1.807, 2.05) is 30.3 Å². The number of rotatable bonds is 2. The molecule has 0 saturated carbocycles. The van der Waals surface area contributed by atoms with Gasteiger partial charge in [-0.3, -0.25) is 4.90 Å². The summed E-state index contributed by atoms with van der Waals surface area (Å²) >= 11 is 0. The standard InChI is InChI=1S/C28H29N3O3/c32-25-10-7-19-11-13-31(17-28-29-23-5-1-2-6-24(23)30-28)12-3-4-20-15-26-27(34-18-33-26)16-21(20)8-9-22(25)14-19/h1-2,5-7,10,14-16,32H,3-4,8-9,11-13,17-18H2,(H,29,30). The fourth-order valence-corrected chi connectivity index (χ4v) is 5.10. The van der Waals surface area contributed by atoms with Gasteiger partial charge in [0.1, 0.15) is 11.6 Å². The minimum Gasteiger partial charge on any atom is -0.508 e. The maximum atomic E-state index is 10.5. The van der Waals surface area contributed by atoms with Crippen molar-refractivity contribution in [1.29, 1.82) is 0 Å². The smallest absolute Gasteiger partial charge is 0.231 e. The van der Waals surface area contributed by atoms with E-state index in [0.717, 1.165) is 85.7 Å². The average Bonchev–Trinajstić information content (AvgIpc) is 3.47. The normalized spacial score (nSPS) is 16.5. The van der Waals surface area contributed by atoms with E-state index >= 15 is 0 Å². The van der Waals surface area contributed by atoms with E-state index in [0.29, 0.717) is 5.75 Å². The monoisotopic (exact) mass is 455 g/mol. The van der Waals surface area contributed by atoms with Gasteiger partial charge in [0.2, 0.25) is 6.79 Å². The number of aromatic hydroxyl groups is 1. The molecule has 3 heterocycles. The molecule has 6 nitrogen and oxygen atoms in total. The molecule has 2 aliphatic rings. The van der Waals surface area contributed by atoms with Crippen LogP contribution in [0.25, 0.3) is 11.0 Å². The van der Waals surface area contributed by atoms with Crippen LogP contribution >= 0.6 is 0 Å². The summed E-state index contributed by atoms with van der Waals surface area (Å²) in [7, 11) is 0. The Balaban J connectivity index is 1.29. The first-order chi connectivity index (χ1) is 16.7. The number of aromatic nitrogens is 2. The van der Waals surface area contributed by atoms with Gasteiger partial charge in [0.25, 0.3) is 0 Å². The molecule has 0 radical (unpaired) electrons. The Morgan fingerprint density at radius 3 is 2.50 bits per heavy atom. The highest BCUT2D eigenvalue weighted by Gasteiger charge is 2.19. The van der Waals surface area contributed by atoms with Crippen molar-refractivity contribution in [2.24, 2.45) is 0 Å². The van der Waals surface area contributed by atoms with Gasteiger partial charge in [-0.25, -0.2) is 4.98 Å². The molecule has 2 bridgehead atoms. The summed E-state index contributed by atoms with van der Waals surface area (Å²) in [6.07, 6.45) is 4.64. The van der Waals surface area contributed by atoms with E-state index < -0.39 is 0 Å². The molecule has 0 fully saturated rings. The third-order valence-corrected chi connectivity index (χ3v) is 6.95. The zero-order valence-electron chi connectivity index (χ0n) is 19.2. The van der Waals surface area contributed by atoms with Gasteiger partial charge in [0.15, 0.2) is 11.5 Å². The van der Waals surface area contributed by atoms with E-state index in [9.17, 15) is 5.11 Å². The van der Waals surface area contributed by atoms with Crippen molar-refractivity contribution in [3.05, 3.63) is 82.7 Å². The van der Waals surface area contributed by atoms with Crippen molar-refractivity contribution < 1.29 is 14.6 Å². The lowest BCUT2D eigenvalue weighted by Gasteiger charge is -2.21. The van der Waals surface area contributed by atoms with E-state index in [1.54, 1.807) is 0 Å². The minimum absolute atomic E-state index is 0.284. The van der Waals surface area contributed by atoms with Crippen molar-refractivity contribution in [2.75, 3.05) is 19.9 Å². The van der Waals surface area contributed by atoms with Crippen molar-refractivity contribution in [3.63, 3.8) is 0 Å². The minimum atomic E-state index is 0.284. The second-order valence-corrected chi connectivity index (χ2v) is 9.27. The molecule has 0 amide bonds. The summed E-state index contributed by atoms with van der Waals surface area (Å²) in [5, 5.41) is 10.5. The summed E-state index contributed by atoms with van der Waals surface area (Å²) in [6, 6.07) is 18.5. The zero-order chi connectivity index (χ0) is 22.9. The Labute approximate surface area is 199 Å². The molecule has 2 N–H and O–H groups in total. The van der Waals surface area contributed by atoms with Crippen LogP contribution in [0.1, 0.15) is 34.5 Å². The lowest BCUT2D eigenvalue weighted by molar-refractivity contribution is 0.174. The van der Waals surface area contributed by atoms with Gasteiger partial charge in [-0.15, -0.1) is 0 Å². The number of H-pyrrole nitrogens is 1. The van der Waals surface area contributed by atoms with Crippen LogP contribution in [-0.4, -0.2) is 39.9 Å². The van der Waals surface area contributed by atoms with Crippen molar-refractivity contribution in [3.8, 4) is 17.2 Å². The molecule has 6 heteroatoms. The molecule has 2 aliphatic heterocycles. The average molecular weight is 456 g/mol. The second-order valence-electron chi connectivity index (χ2n) is 9.27. The third-order valence-electron chi connectivity index (χ3n) is 6.95. The van der Waals surface area contributed by atoms with Crippen LogP contribution < -0.4 is 9.47 Å². The van der Waals surface area contributed by atoms with Crippen LogP contribution in [0.4, 0.5) is 0 Å². The number of aryl methyl sites for hydroxylation is 3. The highest BCUT2D eigenvalue weighted by molar-refractivity contribution is 5.74. The van der Waals surface area contributed by atoms with E-state index in [2.05, 4.69) is 34.1 Å². The summed E-state index contributed by atoms with van der Waals surface area (Å²) in [5.41, 5.74) is 6.93. The highest BCUT2D eigenvalue weighted by Crippen LogP contribution is 2.36. The number of fused-ring (bicyclic) bond motifs is 5. The number of nitrogens with zero attached hydrogens (tertiary/aromatic N) is 2. The predicted molar refractivity (Wildman–Crippen MR) is 131 cm³/mol. The number of para-hydroxylation sites is 2. The topological polar surface area (TPSA) is 70.6 Å². The highest BCUT2D eigenvalue weighted by atomic mass is 16.7. The number of hydrogen-bond donors (Lipinski definition) is 2. The summed E-state index contributed by atoms with van der Waals surface area (Å²) in [5.74, 6) is 3.04. The maximum absolute atomic E-state index is 10.5. The van der Waals surface area contributed by atoms with Crippen molar-refractivity contribution in [1.82, 2.24) is 14.9 Å². The first-order valence-electron chi connectivity index (χ1n) is 12.1. The Bertz CT molecular complexity index is 1300. The van der Waals surface area contributed by atoms with E-state index in [1.165, 1.54) is 16.7 Å². The molecule has 0 aliphatic carbocycles. The lowest BCUT2D eigenvalue weighted by atomic mass is 9.95. The summed E-state index contributed by atoms with van der Waals surface area (Å²) < 4.78 is 11.3. The lowest BCUT2D eigenvalue weighted by Crippen LogP contribution is -2.27. The molecule has 0 unspecified atom stereocenters. The summed E-state index contributed by atoms with van der Waals surface area (Å²) in [6.45, 7) is 2.99. The molecule has 0 saturated heterocycles. The number of benzene rings is 3. The van der Waals surface area contributed by atoms with Crippen LogP contribution in [0.5, 0.6) is 17.2 Å². The zero-order valence-corrected chi connectivity index (χ0v) is 19.2. The first kappa shape index (κ1) is 21.1. The molecule has 1 aromatic heterocycles. The van der Waals surface area contributed by atoms with Crippen LogP contribution in [0.15, 0.2) is 54.6 Å². The Morgan fingerprint density at radius 2 is 1.65 bits per heavy atom. The van der Waals surface area contributed by atoms with Gasteiger partial charge in [-0.1, -0.05) is 24.3 Å². The number of aromatic amines is 1. The number of ether oxygens (including phenoxy) is 2. The number of nitrogens with one attached hydrogen (secondary N) is 1. The molecule has 34 heavy (non-hydrogen) atoms. The Kier molecular flexibility index (Phi) is 5.59. The van der Waals surface area contributed by atoms with Gasteiger partial charge in [-0.05, 0) is 91.2 Å². The van der Waals surface area contributed by atoms with Crippen molar-refractivity contribution >= 4 is 11.0 Å². The predicted octanol–water partition coefficient (Wildman–Crippen LogP) is 4.77. The SMILES string of the molecule is Oc1ccc2cc1CCc1cc3c(cc1CCCN(Cc1nc4ccccc4[nH]1)CC2)OCO3. The number of hydrogen-bond acceptors (Lipinski definition) is 5. The van der Waals surface area contributed by atoms with Crippen LogP contribution in [0.2, 0.25) is 0 Å². The molecule has 3 aromatic carbocycles. The molecular weight excluding hydrogens is 426 g/mol. The third kappa shape index (κ3) is 4.33. The van der Waals surface area contributed by atoms with Gasteiger partial charge >= 0.3 is 0 Å². The van der Waals surface area contributed by atoms with Gasteiger partial charge in [-0.2, -0.15) is 0 Å². The second kappa shape index (κ2) is 9.03. The largest absolute Gasteiger partial charge is 0.508 e. The Hall–Kier alpha value is -3.51. The molecule has 0 atom stereocenters. The number of imidazole rings is 1. The molecule has 0 spiro atoms. The van der Waals surface area contributed by atoms with Gasteiger partial charge in [0.05, 0.1) is 17.6 Å². The fraction of sp³-hybridized carbons (Fsp3) is 0.321. The molecule has 174 valence electrons.